The van der Waals surface area contributed by atoms with Gasteiger partial charge in [-0.15, -0.1) is 0 Å². The zero-order valence-electron chi connectivity index (χ0n) is 12.8. The molecule has 0 unspecified atom stereocenters. The minimum atomic E-state index is 0.0601. The minimum absolute atomic E-state index is 0.0601. The molecule has 0 bridgehead atoms. The van der Waals surface area contributed by atoms with Crippen LogP contribution in [0.4, 0.5) is 0 Å². The summed E-state index contributed by atoms with van der Waals surface area (Å²) in [6, 6.07) is 9.64. The number of nitrogens with zero attached hydrogens (tertiary/aromatic N) is 3. The number of hydrogen-bond donors (Lipinski definition) is 0. The summed E-state index contributed by atoms with van der Waals surface area (Å²) in [7, 11) is 1.64. The van der Waals surface area contributed by atoms with E-state index in [0.717, 1.165) is 36.4 Å². The van der Waals surface area contributed by atoms with E-state index in [1.54, 1.807) is 20.2 Å². The number of carbonyl (C=O) groups is 1. The van der Waals surface area contributed by atoms with Gasteiger partial charge in [-0.25, -0.2) is 9.97 Å². The Labute approximate surface area is 130 Å². The second-order valence-electron chi connectivity index (χ2n) is 5.41. The minimum Gasteiger partial charge on any atom is -0.497 e. The quantitative estimate of drug-likeness (QED) is 0.874. The van der Waals surface area contributed by atoms with Crippen LogP contribution < -0.4 is 4.74 Å². The molecule has 1 aliphatic heterocycles. The van der Waals surface area contributed by atoms with Gasteiger partial charge in [-0.2, -0.15) is 0 Å². The van der Waals surface area contributed by atoms with E-state index in [1.807, 2.05) is 35.2 Å². The normalized spacial score (nSPS) is 17.5. The summed E-state index contributed by atoms with van der Waals surface area (Å²) in [6.07, 6.45) is 3.73. The van der Waals surface area contributed by atoms with E-state index in [4.69, 9.17) is 4.74 Å². The molecular weight excluding hydrogens is 278 g/mol. The van der Waals surface area contributed by atoms with E-state index in [1.165, 1.54) is 0 Å². The molecule has 2 heterocycles. The molecular formula is C17H19N3O2. The molecule has 3 rings (SSSR count). The molecule has 0 aliphatic carbocycles. The van der Waals surface area contributed by atoms with E-state index < -0.39 is 0 Å². The lowest BCUT2D eigenvalue weighted by Gasteiger charge is -2.22. The maximum absolute atomic E-state index is 11.7. The van der Waals surface area contributed by atoms with Crippen molar-refractivity contribution in [3.63, 3.8) is 0 Å². The maximum Gasteiger partial charge on any atom is 0.220 e. The number of rotatable bonds is 3. The van der Waals surface area contributed by atoms with Crippen molar-refractivity contribution in [2.24, 2.45) is 0 Å². The average Bonchev–Trinajstić information content (AvgIpc) is 3.05. The van der Waals surface area contributed by atoms with Gasteiger partial charge in [0.15, 0.2) is 5.82 Å². The van der Waals surface area contributed by atoms with Crippen LogP contribution in [0, 0.1) is 0 Å². The number of amides is 1. The molecule has 114 valence electrons. The van der Waals surface area contributed by atoms with Gasteiger partial charge in [-0.3, -0.25) is 4.79 Å². The highest BCUT2D eigenvalue weighted by Crippen LogP contribution is 2.31. The third-order valence-corrected chi connectivity index (χ3v) is 4.00. The third kappa shape index (κ3) is 2.79. The first-order chi connectivity index (χ1) is 10.7. The molecule has 1 aromatic heterocycles. The van der Waals surface area contributed by atoms with Crippen LogP contribution in [-0.4, -0.2) is 34.4 Å². The van der Waals surface area contributed by atoms with E-state index >= 15 is 0 Å². The van der Waals surface area contributed by atoms with Gasteiger partial charge in [0.1, 0.15) is 5.75 Å². The molecule has 1 amide bonds. The van der Waals surface area contributed by atoms with E-state index in [2.05, 4.69) is 9.97 Å². The third-order valence-electron chi connectivity index (χ3n) is 4.00. The lowest BCUT2D eigenvalue weighted by atomic mass is 10.1. The van der Waals surface area contributed by atoms with Crippen LogP contribution in [0.25, 0.3) is 11.4 Å². The van der Waals surface area contributed by atoms with Crippen molar-refractivity contribution in [1.82, 2.24) is 14.9 Å². The second-order valence-corrected chi connectivity index (χ2v) is 5.41. The Morgan fingerprint density at radius 1 is 1.36 bits per heavy atom. The second kappa shape index (κ2) is 6.13. The molecule has 1 aromatic carbocycles. The average molecular weight is 297 g/mol. The number of hydrogen-bond acceptors (Lipinski definition) is 4. The van der Waals surface area contributed by atoms with Gasteiger partial charge < -0.3 is 9.64 Å². The molecule has 5 heteroatoms. The molecule has 1 aliphatic rings. The van der Waals surface area contributed by atoms with Crippen LogP contribution in [0.1, 0.15) is 31.5 Å². The summed E-state index contributed by atoms with van der Waals surface area (Å²) in [5.74, 6) is 1.54. The van der Waals surface area contributed by atoms with E-state index in [0.29, 0.717) is 5.82 Å². The number of ether oxygens (including phenoxy) is 1. The number of benzene rings is 1. The molecule has 22 heavy (non-hydrogen) atoms. The van der Waals surface area contributed by atoms with Crippen molar-refractivity contribution < 1.29 is 9.53 Å². The van der Waals surface area contributed by atoms with E-state index in [-0.39, 0.29) is 11.9 Å². The van der Waals surface area contributed by atoms with Crippen LogP contribution in [0.5, 0.6) is 5.75 Å². The molecule has 0 saturated carbocycles. The van der Waals surface area contributed by atoms with Gasteiger partial charge in [-0.1, -0.05) is 12.1 Å². The molecule has 5 nitrogen and oxygen atoms in total. The Kier molecular flexibility index (Phi) is 4.04. The fourth-order valence-electron chi connectivity index (χ4n) is 2.91. The van der Waals surface area contributed by atoms with Gasteiger partial charge in [0.25, 0.3) is 0 Å². The van der Waals surface area contributed by atoms with Gasteiger partial charge >= 0.3 is 0 Å². The Morgan fingerprint density at radius 2 is 2.23 bits per heavy atom. The van der Waals surface area contributed by atoms with Crippen LogP contribution in [-0.2, 0) is 4.79 Å². The van der Waals surface area contributed by atoms with Crippen LogP contribution in [0.2, 0.25) is 0 Å². The highest BCUT2D eigenvalue weighted by Gasteiger charge is 2.29. The molecule has 0 N–H and O–H groups in total. The number of carbonyl (C=O) groups excluding carboxylic acids is 1. The van der Waals surface area contributed by atoms with Crippen molar-refractivity contribution in [2.45, 2.75) is 25.8 Å². The molecule has 1 saturated heterocycles. The van der Waals surface area contributed by atoms with Gasteiger partial charge in [0, 0.05) is 25.2 Å². The number of methoxy groups -OCH3 is 1. The predicted octanol–water partition coefficient (Wildman–Crippen LogP) is 2.84. The van der Waals surface area contributed by atoms with Crippen molar-refractivity contribution in [1.29, 1.82) is 0 Å². The Hall–Kier alpha value is -2.43. The largest absolute Gasteiger partial charge is 0.497 e. The first-order valence-corrected chi connectivity index (χ1v) is 7.43. The first-order valence-electron chi connectivity index (χ1n) is 7.43. The molecule has 0 spiro atoms. The summed E-state index contributed by atoms with van der Waals surface area (Å²) in [5.41, 5.74) is 1.81. The fourth-order valence-corrected chi connectivity index (χ4v) is 2.91. The highest BCUT2D eigenvalue weighted by atomic mass is 16.5. The summed E-state index contributed by atoms with van der Waals surface area (Å²) in [4.78, 5) is 22.6. The lowest BCUT2D eigenvalue weighted by Crippen LogP contribution is -2.28. The zero-order valence-corrected chi connectivity index (χ0v) is 12.8. The predicted molar refractivity (Wildman–Crippen MR) is 83.4 cm³/mol. The highest BCUT2D eigenvalue weighted by molar-refractivity contribution is 5.74. The van der Waals surface area contributed by atoms with Crippen molar-refractivity contribution in [3.8, 4) is 17.1 Å². The van der Waals surface area contributed by atoms with Gasteiger partial charge in [0.05, 0.1) is 18.8 Å². The lowest BCUT2D eigenvalue weighted by molar-refractivity contribution is -0.129. The van der Waals surface area contributed by atoms with Crippen LogP contribution in [0.15, 0.2) is 36.5 Å². The van der Waals surface area contributed by atoms with Crippen molar-refractivity contribution >= 4 is 5.91 Å². The van der Waals surface area contributed by atoms with Crippen LogP contribution in [0.3, 0.4) is 0 Å². The standard InChI is InChI=1S/C17H19N3O2/c1-12(21)20-10-4-7-16(20)15-8-9-18-17(19-15)13-5-3-6-14(11-13)22-2/h3,5-6,8-9,11,16H,4,7,10H2,1-2H3/t16-/m1/s1. The fraction of sp³-hybridized carbons (Fsp3) is 0.353. The summed E-state index contributed by atoms with van der Waals surface area (Å²) in [6.45, 7) is 2.42. The first kappa shape index (κ1) is 14.5. The molecule has 2 aromatic rings. The smallest absolute Gasteiger partial charge is 0.220 e. The summed E-state index contributed by atoms with van der Waals surface area (Å²) in [5, 5.41) is 0. The maximum atomic E-state index is 11.7. The topological polar surface area (TPSA) is 55.3 Å². The molecule has 0 radical (unpaired) electrons. The van der Waals surface area contributed by atoms with Gasteiger partial charge in [0.2, 0.25) is 5.91 Å². The van der Waals surface area contributed by atoms with Crippen LogP contribution >= 0.6 is 0 Å². The monoisotopic (exact) mass is 297 g/mol. The van der Waals surface area contributed by atoms with Gasteiger partial charge in [-0.05, 0) is 31.0 Å². The van der Waals surface area contributed by atoms with Crippen molar-refractivity contribution in [2.75, 3.05) is 13.7 Å². The Balaban J connectivity index is 1.94. The summed E-state index contributed by atoms with van der Waals surface area (Å²) >= 11 is 0. The molecule has 1 atom stereocenters. The molecule has 1 fully saturated rings. The van der Waals surface area contributed by atoms with Crippen molar-refractivity contribution in [3.05, 3.63) is 42.2 Å². The Morgan fingerprint density at radius 3 is 3.00 bits per heavy atom. The zero-order chi connectivity index (χ0) is 15.5. The Bertz CT molecular complexity index is 687. The SMILES string of the molecule is COc1cccc(-c2nccc([C@H]3CCCN3C(C)=O)n2)c1. The number of likely N-dealkylation sites (tertiary alicyclic amines) is 1. The number of aromatic nitrogens is 2. The summed E-state index contributed by atoms with van der Waals surface area (Å²) < 4.78 is 5.25. The van der Waals surface area contributed by atoms with E-state index in [9.17, 15) is 4.79 Å².